The molecule has 0 aromatic carbocycles. The molecule has 0 radical (unpaired) electrons. The fourth-order valence-electron chi connectivity index (χ4n) is 2.88. The molecule has 1 fully saturated rings. The summed E-state index contributed by atoms with van der Waals surface area (Å²) in [7, 11) is 0. The lowest BCUT2D eigenvalue weighted by atomic mass is 9.83. The number of rotatable bonds is 6. The maximum absolute atomic E-state index is 12.1. The Morgan fingerprint density at radius 1 is 1.43 bits per heavy atom. The van der Waals surface area contributed by atoms with Gasteiger partial charge in [-0.2, -0.15) is 4.98 Å². The van der Waals surface area contributed by atoms with E-state index in [9.17, 15) is 9.59 Å². The third kappa shape index (κ3) is 3.52. The van der Waals surface area contributed by atoms with Crippen LogP contribution in [0.15, 0.2) is 4.79 Å². The minimum atomic E-state index is -0.819. The van der Waals surface area contributed by atoms with Crippen molar-refractivity contribution in [1.82, 2.24) is 9.55 Å². The van der Waals surface area contributed by atoms with E-state index in [1.54, 1.807) is 18.4 Å². The minimum absolute atomic E-state index is 0.212. The summed E-state index contributed by atoms with van der Waals surface area (Å²) in [5.74, 6) is -0.554. The largest absolute Gasteiger partial charge is 0.481 e. The number of carboxylic acids is 1. The molecule has 1 N–H and O–H groups in total. The Kier molecular flexibility index (Phi) is 4.80. The monoisotopic (exact) mass is 292 g/mol. The van der Waals surface area contributed by atoms with Gasteiger partial charge in [0, 0.05) is 17.9 Å². The first-order valence-electron chi connectivity index (χ1n) is 7.70. The molecule has 0 spiro atoms. The van der Waals surface area contributed by atoms with Crippen LogP contribution in [0.3, 0.4) is 0 Å². The van der Waals surface area contributed by atoms with Crippen molar-refractivity contribution >= 4 is 5.97 Å². The van der Waals surface area contributed by atoms with Crippen LogP contribution >= 0.6 is 0 Å². The van der Waals surface area contributed by atoms with Crippen molar-refractivity contribution in [1.29, 1.82) is 0 Å². The Hall–Kier alpha value is -1.65. The van der Waals surface area contributed by atoms with Gasteiger partial charge >= 0.3 is 11.7 Å². The molecule has 0 saturated heterocycles. The second kappa shape index (κ2) is 6.41. The number of carbonyl (C=O) groups is 1. The summed E-state index contributed by atoms with van der Waals surface area (Å²) >= 11 is 0. The Bertz CT molecular complexity index is 588. The smallest absolute Gasteiger partial charge is 0.347 e. The Balaban J connectivity index is 2.23. The second-order valence-electron chi connectivity index (χ2n) is 6.22. The van der Waals surface area contributed by atoms with Crippen molar-refractivity contribution in [3.63, 3.8) is 0 Å². The van der Waals surface area contributed by atoms with Gasteiger partial charge in [-0.05, 0) is 38.2 Å². The first-order chi connectivity index (χ1) is 9.90. The fourth-order valence-corrected chi connectivity index (χ4v) is 2.88. The van der Waals surface area contributed by atoms with Crippen LogP contribution in [0.1, 0.15) is 49.6 Å². The molecule has 116 valence electrons. The van der Waals surface area contributed by atoms with Gasteiger partial charge in [0.1, 0.15) is 0 Å². The Morgan fingerprint density at radius 3 is 2.62 bits per heavy atom. The van der Waals surface area contributed by atoms with Gasteiger partial charge in [0.05, 0.1) is 5.92 Å². The molecule has 2 rings (SSSR count). The molecule has 1 saturated carbocycles. The first kappa shape index (κ1) is 15.7. The maximum Gasteiger partial charge on any atom is 0.347 e. The average molecular weight is 292 g/mol. The topological polar surface area (TPSA) is 72.2 Å². The molecule has 0 bridgehead atoms. The van der Waals surface area contributed by atoms with Crippen LogP contribution in [-0.2, 0) is 17.8 Å². The molecule has 1 aromatic rings. The lowest BCUT2D eigenvalue weighted by molar-refractivity contribution is -0.141. The molecule has 1 unspecified atom stereocenters. The van der Waals surface area contributed by atoms with Gasteiger partial charge in [-0.1, -0.05) is 26.2 Å². The van der Waals surface area contributed by atoms with Gasteiger partial charge < -0.3 is 5.11 Å². The Labute approximate surface area is 125 Å². The second-order valence-corrected chi connectivity index (χ2v) is 6.22. The summed E-state index contributed by atoms with van der Waals surface area (Å²) in [4.78, 5) is 27.2. The van der Waals surface area contributed by atoms with E-state index in [0.717, 1.165) is 23.6 Å². The molecular formula is C16H24N2O3. The van der Waals surface area contributed by atoms with Gasteiger partial charge in [0.2, 0.25) is 0 Å². The number of hydrogen-bond donors (Lipinski definition) is 1. The summed E-state index contributed by atoms with van der Waals surface area (Å²) in [6, 6.07) is 0. The predicted molar refractivity (Wildman–Crippen MR) is 80.4 cm³/mol. The molecule has 1 aliphatic rings. The highest BCUT2D eigenvalue weighted by molar-refractivity contribution is 5.70. The number of aromatic nitrogens is 2. The SMILES string of the molecule is Cc1nc(=O)n(CCC2CCC2)c(C)c1CC(C)C(=O)O. The van der Waals surface area contributed by atoms with E-state index in [-0.39, 0.29) is 5.69 Å². The lowest BCUT2D eigenvalue weighted by Crippen LogP contribution is -2.30. The summed E-state index contributed by atoms with van der Waals surface area (Å²) in [5.41, 5.74) is 2.22. The maximum atomic E-state index is 12.1. The third-order valence-electron chi connectivity index (χ3n) is 4.69. The molecule has 1 atom stereocenters. The number of nitrogens with zero attached hydrogens (tertiary/aromatic N) is 2. The van der Waals surface area contributed by atoms with Crippen molar-refractivity contribution in [3.8, 4) is 0 Å². The predicted octanol–water partition coefficient (Wildman–Crippen LogP) is 2.31. The van der Waals surface area contributed by atoms with Crippen molar-refractivity contribution in [3.05, 3.63) is 27.4 Å². The first-order valence-corrected chi connectivity index (χ1v) is 7.70. The van der Waals surface area contributed by atoms with E-state index in [1.807, 2.05) is 6.92 Å². The highest BCUT2D eigenvalue weighted by Crippen LogP contribution is 2.29. The summed E-state index contributed by atoms with van der Waals surface area (Å²) in [6.07, 6.45) is 5.25. The standard InChI is InChI=1S/C16H24N2O3/c1-10(15(19)20)9-14-11(2)17-16(21)18(12(14)3)8-7-13-5-4-6-13/h10,13H,4-9H2,1-3H3,(H,19,20). The number of carboxylic acid groups (broad SMARTS) is 1. The van der Waals surface area contributed by atoms with Crippen LogP contribution in [0, 0.1) is 25.7 Å². The summed E-state index contributed by atoms with van der Waals surface area (Å²) in [5, 5.41) is 9.08. The average Bonchev–Trinajstić information content (AvgIpc) is 2.35. The quantitative estimate of drug-likeness (QED) is 0.873. The highest BCUT2D eigenvalue weighted by Gasteiger charge is 2.20. The van der Waals surface area contributed by atoms with E-state index in [2.05, 4.69) is 4.98 Å². The van der Waals surface area contributed by atoms with Crippen LogP contribution in [-0.4, -0.2) is 20.6 Å². The summed E-state index contributed by atoms with van der Waals surface area (Å²) < 4.78 is 1.72. The van der Waals surface area contributed by atoms with Crippen molar-refractivity contribution in [2.24, 2.45) is 11.8 Å². The lowest BCUT2D eigenvalue weighted by Gasteiger charge is -2.26. The van der Waals surface area contributed by atoms with E-state index in [0.29, 0.717) is 18.7 Å². The van der Waals surface area contributed by atoms with Crippen molar-refractivity contribution < 1.29 is 9.90 Å². The number of hydrogen-bond acceptors (Lipinski definition) is 3. The van der Waals surface area contributed by atoms with E-state index >= 15 is 0 Å². The van der Waals surface area contributed by atoms with E-state index in [1.165, 1.54) is 19.3 Å². The molecule has 5 heteroatoms. The molecular weight excluding hydrogens is 268 g/mol. The zero-order valence-corrected chi connectivity index (χ0v) is 13.1. The summed E-state index contributed by atoms with van der Waals surface area (Å²) in [6.45, 7) is 6.07. The van der Waals surface area contributed by atoms with Gasteiger partial charge in [0.15, 0.2) is 0 Å². The van der Waals surface area contributed by atoms with Crippen LogP contribution in [0.2, 0.25) is 0 Å². The normalized spacial score (nSPS) is 16.5. The van der Waals surface area contributed by atoms with E-state index in [4.69, 9.17) is 5.11 Å². The zero-order valence-electron chi connectivity index (χ0n) is 13.1. The Morgan fingerprint density at radius 2 is 2.10 bits per heavy atom. The molecule has 21 heavy (non-hydrogen) atoms. The minimum Gasteiger partial charge on any atom is -0.481 e. The zero-order chi connectivity index (χ0) is 15.6. The van der Waals surface area contributed by atoms with Gasteiger partial charge in [-0.25, -0.2) is 4.79 Å². The molecule has 1 aliphatic carbocycles. The van der Waals surface area contributed by atoms with Gasteiger partial charge in [0.25, 0.3) is 0 Å². The molecule has 1 aromatic heterocycles. The van der Waals surface area contributed by atoms with Gasteiger partial charge in [-0.15, -0.1) is 0 Å². The molecule has 0 amide bonds. The van der Waals surface area contributed by atoms with Crippen molar-refractivity contribution in [2.45, 2.75) is 59.4 Å². The van der Waals surface area contributed by atoms with Crippen LogP contribution in [0.5, 0.6) is 0 Å². The number of aryl methyl sites for hydroxylation is 1. The van der Waals surface area contributed by atoms with Crippen LogP contribution < -0.4 is 5.69 Å². The van der Waals surface area contributed by atoms with Crippen LogP contribution in [0.4, 0.5) is 0 Å². The third-order valence-corrected chi connectivity index (χ3v) is 4.69. The molecule has 5 nitrogen and oxygen atoms in total. The van der Waals surface area contributed by atoms with Crippen molar-refractivity contribution in [2.75, 3.05) is 0 Å². The van der Waals surface area contributed by atoms with Crippen LogP contribution in [0.25, 0.3) is 0 Å². The number of aliphatic carboxylic acids is 1. The van der Waals surface area contributed by atoms with Gasteiger partial charge in [-0.3, -0.25) is 9.36 Å². The van der Waals surface area contributed by atoms with E-state index < -0.39 is 11.9 Å². The fraction of sp³-hybridized carbons (Fsp3) is 0.688. The molecule has 0 aliphatic heterocycles. The highest BCUT2D eigenvalue weighted by atomic mass is 16.4. The molecule has 1 heterocycles.